The van der Waals surface area contributed by atoms with E-state index in [1.165, 1.54) is 17.2 Å². The van der Waals surface area contributed by atoms with E-state index >= 15 is 0 Å². The van der Waals surface area contributed by atoms with Crippen molar-refractivity contribution in [1.29, 1.82) is 0 Å². The smallest absolute Gasteiger partial charge is 0.287 e. The molecule has 186 valence electrons. The van der Waals surface area contributed by atoms with Gasteiger partial charge in [-0.15, -0.1) is 0 Å². The van der Waals surface area contributed by atoms with E-state index in [0.29, 0.717) is 0 Å². The zero-order valence-electron chi connectivity index (χ0n) is 19.6. The number of ether oxygens (including phenoxy) is 4. The third kappa shape index (κ3) is 3.46. The number of fused-ring (bicyclic) bond motifs is 2. The quantitative estimate of drug-likeness (QED) is 0.534. The molecule has 1 unspecified atom stereocenters. The van der Waals surface area contributed by atoms with Gasteiger partial charge in [0.15, 0.2) is 24.9 Å². The fourth-order valence-electron chi connectivity index (χ4n) is 4.87. The van der Waals surface area contributed by atoms with E-state index in [9.17, 15) is 16.8 Å². The lowest BCUT2D eigenvalue weighted by atomic mass is 10.3. The molecular formula is C18H34N4O8S2. The van der Waals surface area contributed by atoms with E-state index in [4.69, 9.17) is 18.9 Å². The topological polar surface area (TPSA) is 118 Å². The van der Waals surface area contributed by atoms with Gasteiger partial charge in [0.05, 0.1) is 0 Å². The average molecular weight is 499 g/mol. The number of hydrogen-bond acceptors (Lipinski definition) is 8. The molecule has 4 aliphatic rings. The maximum atomic E-state index is 13.0. The van der Waals surface area contributed by atoms with E-state index < -0.39 is 57.9 Å². The van der Waals surface area contributed by atoms with Crippen LogP contribution < -0.4 is 0 Å². The van der Waals surface area contributed by atoms with Gasteiger partial charge in [-0.1, -0.05) is 0 Å². The van der Waals surface area contributed by atoms with E-state index in [-0.39, 0.29) is 24.2 Å². The molecule has 0 N–H and O–H groups in total. The lowest BCUT2D eigenvalue weighted by Gasteiger charge is -2.30. The Morgan fingerprint density at radius 2 is 0.656 bits per heavy atom. The number of nitrogens with zero attached hydrogens (tertiary/aromatic N) is 4. The van der Waals surface area contributed by atoms with E-state index in [0.717, 1.165) is 0 Å². The molecule has 0 aromatic rings. The van der Waals surface area contributed by atoms with Crippen molar-refractivity contribution in [2.24, 2.45) is 0 Å². The van der Waals surface area contributed by atoms with Crippen molar-refractivity contribution in [3.8, 4) is 0 Å². The first-order chi connectivity index (χ1) is 14.7. The highest BCUT2D eigenvalue weighted by molar-refractivity contribution is 7.87. The Balaban J connectivity index is 1.59. The molecule has 0 radical (unpaired) electrons. The van der Waals surface area contributed by atoms with Crippen molar-refractivity contribution in [2.45, 2.75) is 117 Å². The third-order valence-electron chi connectivity index (χ3n) is 5.91. The van der Waals surface area contributed by atoms with Crippen LogP contribution in [0.15, 0.2) is 0 Å². The molecule has 0 aromatic carbocycles. The first kappa shape index (κ1) is 24.7. The van der Waals surface area contributed by atoms with Gasteiger partial charge in [0.1, 0.15) is 0 Å². The summed E-state index contributed by atoms with van der Waals surface area (Å²) in [7, 11) is -7.53. The van der Waals surface area contributed by atoms with Gasteiger partial charge in [0.2, 0.25) is 12.6 Å². The summed E-state index contributed by atoms with van der Waals surface area (Å²) in [5.41, 5.74) is 0. The minimum Gasteiger partial charge on any atom is -0.324 e. The van der Waals surface area contributed by atoms with Crippen LogP contribution in [-0.4, -0.2) is 95.7 Å². The Bertz CT molecular complexity index is 805. The summed E-state index contributed by atoms with van der Waals surface area (Å²) < 4.78 is 81.4. The molecule has 4 saturated heterocycles. The molecule has 0 saturated carbocycles. The lowest BCUT2D eigenvalue weighted by Crippen LogP contribution is -2.47. The van der Waals surface area contributed by atoms with Crippen LogP contribution >= 0.6 is 0 Å². The van der Waals surface area contributed by atoms with Crippen LogP contribution in [0.25, 0.3) is 0 Å². The minimum absolute atomic E-state index is 0.346. The van der Waals surface area contributed by atoms with E-state index in [1.54, 1.807) is 55.4 Å². The second kappa shape index (κ2) is 8.07. The third-order valence-corrected chi connectivity index (χ3v) is 10.6. The Morgan fingerprint density at radius 3 is 0.812 bits per heavy atom. The standard InChI is InChI=1S/C18H34N4O8S2/c1-9(2)19-13-14(20(10(3)4)31(19,23)24)28-17(27-13)18-29-15-16(30-18)22(12(7)8)32(25,26)21(15)11(5)6/h9-18H,1-8H3/t13-,14-,15-,16+,18?/m0/s1. The van der Waals surface area contributed by atoms with Crippen molar-refractivity contribution >= 4 is 20.4 Å². The summed E-state index contributed by atoms with van der Waals surface area (Å²) in [5, 5.41) is 0. The Hall–Kier alpha value is -0.420. The summed E-state index contributed by atoms with van der Waals surface area (Å²) >= 11 is 0. The van der Waals surface area contributed by atoms with E-state index in [1.807, 2.05) is 0 Å². The summed E-state index contributed by atoms with van der Waals surface area (Å²) in [6, 6.07) is -1.38. The molecule has 5 atom stereocenters. The molecule has 0 aliphatic carbocycles. The fraction of sp³-hybridized carbons (Fsp3) is 1.00. The van der Waals surface area contributed by atoms with Crippen LogP contribution in [-0.2, 0) is 39.4 Å². The zero-order valence-corrected chi connectivity index (χ0v) is 21.3. The summed E-state index contributed by atoms with van der Waals surface area (Å²) in [5.74, 6) is 0. The molecule has 0 amide bonds. The van der Waals surface area contributed by atoms with Gasteiger partial charge in [-0.05, 0) is 55.4 Å². The first-order valence-corrected chi connectivity index (χ1v) is 13.8. The highest BCUT2D eigenvalue weighted by Gasteiger charge is 2.65. The summed E-state index contributed by atoms with van der Waals surface area (Å²) in [4.78, 5) is 0. The summed E-state index contributed by atoms with van der Waals surface area (Å²) in [6.45, 7) is 14.2. The Kier molecular flexibility index (Phi) is 6.23. The maximum absolute atomic E-state index is 13.0. The van der Waals surface area contributed by atoms with Gasteiger partial charge in [-0.25, -0.2) is 0 Å². The van der Waals surface area contributed by atoms with Crippen molar-refractivity contribution < 1.29 is 35.8 Å². The highest BCUT2D eigenvalue weighted by atomic mass is 32.2. The van der Waals surface area contributed by atoms with Crippen LogP contribution in [0.2, 0.25) is 0 Å². The molecule has 4 aliphatic heterocycles. The second-order valence-corrected chi connectivity index (χ2v) is 13.0. The molecule has 12 nitrogen and oxygen atoms in total. The second-order valence-electron chi connectivity index (χ2n) is 9.55. The van der Waals surface area contributed by atoms with Gasteiger partial charge in [-0.2, -0.15) is 34.1 Å². The molecular weight excluding hydrogens is 464 g/mol. The average Bonchev–Trinajstić information content (AvgIpc) is 3.27. The van der Waals surface area contributed by atoms with Crippen molar-refractivity contribution in [1.82, 2.24) is 17.2 Å². The molecule has 0 aromatic heterocycles. The van der Waals surface area contributed by atoms with Crippen molar-refractivity contribution in [2.75, 3.05) is 0 Å². The van der Waals surface area contributed by atoms with Crippen LogP contribution in [0.4, 0.5) is 0 Å². The van der Waals surface area contributed by atoms with Crippen molar-refractivity contribution in [3.63, 3.8) is 0 Å². The number of hydrogen-bond donors (Lipinski definition) is 0. The predicted octanol–water partition coefficient (Wildman–Crippen LogP) is 0.395. The molecule has 4 heterocycles. The lowest BCUT2D eigenvalue weighted by molar-refractivity contribution is -0.239. The summed E-state index contributed by atoms with van der Waals surface area (Å²) in [6.07, 6.45) is -5.45. The van der Waals surface area contributed by atoms with Gasteiger partial charge in [-0.3, -0.25) is 0 Å². The maximum Gasteiger partial charge on any atom is 0.287 e. The normalized spacial score (nSPS) is 38.7. The highest BCUT2D eigenvalue weighted by Crippen LogP contribution is 2.44. The predicted molar refractivity (Wildman–Crippen MR) is 113 cm³/mol. The molecule has 32 heavy (non-hydrogen) atoms. The molecule has 4 fully saturated rings. The first-order valence-electron chi connectivity index (χ1n) is 11.0. The molecule has 14 heteroatoms. The molecule has 4 rings (SSSR count). The largest absolute Gasteiger partial charge is 0.324 e. The number of rotatable bonds is 5. The Labute approximate surface area is 190 Å². The van der Waals surface area contributed by atoms with Gasteiger partial charge in [0.25, 0.3) is 20.4 Å². The van der Waals surface area contributed by atoms with Gasteiger partial charge < -0.3 is 18.9 Å². The monoisotopic (exact) mass is 498 g/mol. The van der Waals surface area contributed by atoms with Crippen LogP contribution in [0.5, 0.6) is 0 Å². The van der Waals surface area contributed by atoms with Gasteiger partial charge in [0, 0.05) is 24.2 Å². The molecule has 0 bridgehead atoms. The van der Waals surface area contributed by atoms with Crippen LogP contribution in [0.1, 0.15) is 55.4 Å². The van der Waals surface area contributed by atoms with Crippen LogP contribution in [0, 0.1) is 0 Å². The molecule has 0 spiro atoms. The van der Waals surface area contributed by atoms with Crippen LogP contribution in [0.3, 0.4) is 0 Å². The minimum atomic E-state index is -3.76. The zero-order chi connectivity index (χ0) is 23.9. The van der Waals surface area contributed by atoms with Crippen molar-refractivity contribution in [3.05, 3.63) is 0 Å². The SMILES string of the molecule is CC(C)N1[C@@H]2OC(C3O[C@H]4[C@H](O3)N(C(C)C)S(=O)(=O)N4C(C)C)O[C@@H]2N(C(C)C)S1(=O)=O. The fourth-order valence-corrected chi connectivity index (χ4v) is 9.10. The Morgan fingerprint density at radius 1 is 0.469 bits per heavy atom. The van der Waals surface area contributed by atoms with E-state index in [2.05, 4.69) is 0 Å². The van der Waals surface area contributed by atoms with Gasteiger partial charge >= 0.3 is 0 Å².